The molecule has 0 aliphatic carbocycles. The van der Waals surface area contributed by atoms with Crippen molar-refractivity contribution >= 4 is 73.9 Å². The van der Waals surface area contributed by atoms with Crippen molar-refractivity contribution in [2.24, 2.45) is 0 Å². The SMILES string of the molecule is CNC(=O)[C@@H](Cc1ccccc1)N(Cc1ccc(Cl)c(Cl)c1)C(=O)CN(c1cc(Cl)ccc1Cl)S(C)(=O)=O. The lowest BCUT2D eigenvalue weighted by molar-refractivity contribution is -0.139. The second-order valence-electron chi connectivity index (χ2n) is 8.46. The van der Waals surface area contributed by atoms with Crippen molar-refractivity contribution in [1.82, 2.24) is 10.2 Å². The zero-order chi connectivity index (χ0) is 28.0. The molecule has 0 bridgehead atoms. The number of anilines is 1. The highest BCUT2D eigenvalue weighted by molar-refractivity contribution is 7.92. The minimum absolute atomic E-state index is 0.0402. The summed E-state index contributed by atoms with van der Waals surface area (Å²) in [5.74, 6) is -1.06. The van der Waals surface area contributed by atoms with E-state index in [4.69, 9.17) is 46.4 Å². The normalized spacial score (nSPS) is 12.1. The molecule has 0 heterocycles. The predicted octanol–water partition coefficient (Wildman–Crippen LogP) is 5.45. The van der Waals surface area contributed by atoms with E-state index < -0.39 is 34.4 Å². The van der Waals surface area contributed by atoms with Gasteiger partial charge in [0, 0.05) is 25.0 Å². The molecule has 202 valence electrons. The van der Waals surface area contributed by atoms with Crippen LogP contribution in [0.1, 0.15) is 11.1 Å². The molecular weight excluding hydrogens is 592 g/mol. The average Bonchev–Trinajstić information content (AvgIpc) is 2.87. The highest BCUT2D eigenvalue weighted by atomic mass is 35.5. The van der Waals surface area contributed by atoms with Crippen LogP contribution in [0.3, 0.4) is 0 Å². The molecule has 2 amide bonds. The lowest BCUT2D eigenvalue weighted by Gasteiger charge is -2.33. The fourth-order valence-electron chi connectivity index (χ4n) is 3.83. The Morgan fingerprint density at radius 3 is 2.13 bits per heavy atom. The first-order chi connectivity index (χ1) is 17.9. The Hall–Kier alpha value is -2.49. The maximum Gasteiger partial charge on any atom is 0.244 e. The Labute approximate surface area is 242 Å². The highest BCUT2D eigenvalue weighted by Crippen LogP contribution is 2.31. The predicted molar refractivity (Wildman–Crippen MR) is 154 cm³/mol. The number of hydrogen-bond acceptors (Lipinski definition) is 4. The minimum atomic E-state index is -3.98. The molecule has 3 rings (SSSR count). The quantitative estimate of drug-likeness (QED) is 0.328. The van der Waals surface area contributed by atoms with Gasteiger partial charge >= 0.3 is 0 Å². The van der Waals surface area contributed by atoms with E-state index in [1.807, 2.05) is 30.3 Å². The van der Waals surface area contributed by atoms with Crippen LogP contribution in [0.15, 0.2) is 66.7 Å². The fraction of sp³-hybridized carbons (Fsp3) is 0.231. The van der Waals surface area contributed by atoms with E-state index >= 15 is 0 Å². The van der Waals surface area contributed by atoms with Crippen LogP contribution in [0, 0.1) is 0 Å². The molecule has 1 atom stereocenters. The Balaban J connectivity index is 2.07. The van der Waals surface area contributed by atoms with Gasteiger partial charge in [0.2, 0.25) is 21.8 Å². The van der Waals surface area contributed by atoms with E-state index in [9.17, 15) is 18.0 Å². The van der Waals surface area contributed by atoms with Gasteiger partial charge in [-0.25, -0.2) is 8.42 Å². The number of nitrogens with zero attached hydrogens (tertiary/aromatic N) is 2. The van der Waals surface area contributed by atoms with Crippen molar-refractivity contribution in [2.75, 3.05) is 24.2 Å². The second kappa shape index (κ2) is 13.0. The molecule has 7 nitrogen and oxygen atoms in total. The maximum atomic E-state index is 13.9. The molecule has 0 unspecified atom stereocenters. The fourth-order valence-corrected chi connectivity index (χ4v) is 5.44. The van der Waals surface area contributed by atoms with Crippen molar-refractivity contribution in [3.8, 4) is 0 Å². The van der Waals surface area contributed by atoms with Gasteiger partial charge in [-0.3, -0.25) is 13.9 Å². The van der Waals surface area contributed by atoms with Gasteiger partial charge in [-0.2, -0.15) is 0 Å². The summed E-state index contributed by atoms with van der Waals surface area (Å²) in [6, 6.07) is 17.4. The van der Waals surface area contributed by atoms with E-state index in [-0.39, 0.29) is 33.7 Å². The van der Waals surface area contributed by atoms with Gasteiger partial charge in [-0.1, -0.05) is 82.8 Å². The molecule has 12 heteroatoms. The lowest BCUT2D eigenvalue weighted by atomic mass is 10.0. The third kappa shape index (κ3) is 7.77. The number of nitrogens with one attached hydrogen (secondary N) is 1. The molecule has 3 aromatic carbocycles. The molecule has 38 heavy (non-hydrogen) atoms. The lowest BCUT2D eigenvalue weighted by Crippen LogP contribution is -2.52. The van der Waals surface area contributed by atoms with Crippen LogP contribution in [0.5, 0.6) is 0 Å². The van der Waals surface area contributed by atoms with Crippen LogP contribution < -0.4 is 9.62 Å². The molecular formula is C26H25Cl4N3O4S. The first-order valence-electron chi connectivity index (χ1n) is 11.3. The standard InChI is InChI=1S/C26H25Cl4N3O4S/c1-31-26(35)24(13-17-6-4-3-5-7-17)32(15-18-8-10-20(28)22(30)12-18)25(34)16-33(38(2,36)37)23-14-19(27)9-11-21(23)29/h3-12,14,24H,13,15-16H2,1-2H3,(H,31,35)/t24-/m1/s1. The summed E-state index contributed by atoms with van der Waals surface area (Å²) in [4.78, 5) is 28.3. The van der Waals surface area contributed by atoms with Crippen LogP contribution in [0.25, 0.3) is 0 Å². The number of carbonyl (C=O) groups is 2. The molecule has 0 saturated carbocycles. The maximum absolute atomic E-state index is 13.9. The Bertz CT molecular complexity index is 1420. The van der Waals surface area contributed by atoms with E-state index in [1.54, 1.807) is 18.2 Å². The van der Waals surface area contributed by atoms with Crippen molar-refractivity contribution in [3.63, 3.8) is 0 Å². The van der Waals surface area contributed by atoms with Crippen molar-refractivity contribution in [2.45, 2.75) is 19.0 Å². The third-order valence-electron chi connectivity index (χ3n) is 5.71. The molecule has 0 fully saturated rings. The Morgan fingerprint density at radius 2 is 1.53 bits per heavy atom. The van der Waals surface area contributed by atoms with Gasteiger partial charge in [0.25, 0.3) is 0 Å². The van der Waals surface area contributed by atoms with Gasteiger partial charge in [0.05, 0.1) is 27.0 Å². The number of halogens is 4. The van der Waals surface area contributed by atoms with Crippen molar-refractivity contribution in [3.05, 3.63) is 97.9 Å². The van der Waals surface area contributed by atoms with E-state index in [0.29, 0.717) is 10.6 Å². The summed E-state index contributed by atoms with van der Waals surface area (Å²) in [5.41, 5.74) is 1.45. The number of likely N-dealkylation sites (N-methyl/N-ethyl adjacent to an activating group) is 1. The van der Waals surface area contributed by atoms with E-state index in [2.05, 4.69) is 5.32 Å². The third-order valence-corrected chi connectivity index (χ3v) is 8.13. The number of amides is 2. The molecule has 0 spiro atoms. The second-order valence-corrected chi connectivity index (χ2v) is 12.0. The minimum Gasteiger partial charge on any atom is -0.357 e. The Kier molecular flexibility index (Phi) is 10.3. The van der Waals surface area contributed by atoms with Crippen LogP contribution in [0.2, 0.25) is 20.1 Å². The van der Waals surface area contributed by atoms with Crippen LogP contribution in [-0.2, 0) is 32.6 Å². The summed E-state index contributed by atoms with van der Waals surface area (Å²) in [5, 5.41) is 3.55. The van der Waals surface area contributed by atoms with Gasteiger partial charge < -0.3 is 10.2 Å². The van der Waals surface area contributed by atoms with Gasteiger partial charge in [0.1, 0.15) is 12.6 Å². The van der Waals surface area contributed by atoms with E-state index in [0.717, 1.165) is 16.1 Å². The summed E-state index contributed by atoms with van der Waals surface area (Å²) in [7, 11) is -2.51. The first-order valence-corrected chi connectivity index (χ1v) is 14.7. The summed E-state index contributed by atoms with van der Waals surface area (Å²) in [6.45, 7) is -0.663. The van der Waals surface area contributed by atoms with E-state index in [1.165, 1.54) is 30.1 Å². The Morgan fingerprint density at radius 1 is 0.868 bits per heavy atom. The van der Waals surface area contributed by atoms with Gasteiger partial charge in [0.15, 0.2) is 0 Å². The zero-order valence-corrected chi connectivity index (χ0v) is 24.3. The van der Waals surface area contributed by atoms with Crippen LogP contribution in [0.4, 0.5) is 5.69 Å². The zero-order valence-electron chi connectivity index (χ0n) is 20.5. The summed E-state index contributed by atoms with van der Waals surface area (Å²) in [6.07, 6.45) is 1.14. The van der Waals surface area contributed by atoms with Crippen LogP contribution in [-0.4, -0.2) is 51.0 Å². The molecule has 3 aromatic rings. The summed E-state index contributed by atoms with van der Waals surface area (Å²) < 4.78 is 26.4. The number of carbonyl (C=O) groups excluding carboxylic acids is 2. The number of sulfonamides is 1. The largest absolute Gasteiger partial charge is 0.357 e. The molecule has 0 saturated heterocycles. The smallest absolute Gasteiger partial charge is 0.244 e. The number of hydrogen-bond donors (Lipinski definition) is 1. The summed E-state index contributed by atoms with van der Waals surface area (Å²) >= 11 is 24.6. The number of benzene rings is 3. The molecule has 0 aromatic heterocycles. The molecule has 0 aliphatic rings. The van der Waals surface area contributed by atoms with Gasteiger partial charge in [-0.05, 0) is 41.5 Å². The molecule has 0 aliphatic heterocycles. The molecule has 0 radical (unpaired) electrons. The van der Waals surface area contributed by atoms with Gasteiger partial charge in [-0.15, -0.1) is 0 Å². The van der Waals surface area contributed by atoms with Crippen LogP contribution >= 0.6 is 46.4 Å². The van der Waals surface area contributed by atoms with Crippen molar-refractivity contribution < 1.29 is 18.0 Å². The first kappa shape index (κ1) is 30.1. The monoisotopic (exact) mass is 615 g/mol. The highest BCUT2D eigenvalue weighted by Gasteiger charge is 2.33. The topological polar surface area (TPSA) is 86.8 Å². The molecule has 1 N–H and O–H groups in total. The number of rotatable bonds is 10. The van der Waals surface area contributed by atoms with Crippen molar-refractivity contribution in [1.29, 1.82) is 0 Å². The average molecular weight is 617 g/mol.